The van der Waals surface area contributed by atoms with Crippen molar-refractivity contribution in [1.29, 1.82) is 0 Å². The van der Waals surface area contributed by atoms with E-state index in [4.69, 9.17) is 5.73 Å². The molecule has 1 saturated heterocycles. The van der Waals surface area contributed by atoms with E-state index >= 15 is 0 Å². The second-order valence-corrected chi connectivity index (χ2v) is 4.30. The van der Waals surface area contributed by atoms with Crippen LogP contribution in [0.25, 0.3) is 0 Å². The van der Waals surface area contributed by atoms with Gasteiger partial charge in [-0.1, -0.05) is 0 Å². The minimum absolute atomic E-state index is 0.241. The Balaban J connectivity index is 2.31. The summed E-state index contributed by atoms with van der Waals surface area (Å²) in [5.41, 5.74) is 7.42. The smallest absolute Gasteiger partial charge is 0.0776 e. The second kappa shape index (κ2) is 3.74. The Morgan fingerprint density at radius 2 is 2.36 bits per heavy atom. The van der Waals surface area contributed by atoms with E-state index in [1.807, 2.05) is 0 Å². The zero-order valence-corrected chi connectivity index (χ0v) is 9.24. The summed E-state index contributed by atoms with van der Waals surface area (Å²) in [6.45, 7) is 1.49. The normalized spacial score (nSPS) is 21.6. The van der Waals surface area contributed by atoms with Gasteiger partial charge >= 0.3 is 0 Å². The number of rotatable bonds is 1. The number of nitrogens with two attached hydrogens (primary N) is 1. The standard InChI is InChI=1S/C9H12BrN3O/c10-7-3-12-4-8(11)9(7)13-2-1-6(14)5-13/h3-4,6,14H,1-2,5,11H2. The quantitative estimate of drug-likeness (QED) is 0.788. The second-order valence-electron chi connectivity index (χ2n) is 3.45. The molecule has 1 aliphatic heterocycles. The molecule has 1 aliphatic rings. The van der Waals surface area contributed by atoms with Crippen molar-refractivity contribution >= 4 is 27.3 Å². The molecular weight excluding hydrogens is 246 g/mol. The van der Waals surface area contributed by atoms with Crippen LogP contribution in [-0.4, -0.2) is 29.3 Å². The van der Waals surface area contributed by atoms with Crippen LogP contribution in [0, 0.1) is 0 Å². The Labute approximate surface area is 90.9 Å². The predicted octanol–water partition coefficient (Wildman–Crippen LogP) is 0.997. The average molecular weight is 258 g/mol. The highest BCUT2D eigenvalue weighted by atomic mass is 79.9. The molecule has 5 heteroatoms. The molecule has 1 aromatic heterocycles. The number of β-amino-alcohol motifs (C(OH)–C–C–N with tert-alkyl or cyclic N) is 1. The number of anilines is 2. The van der Waals surface area contributed by atoms with Gasteiger partial charge in [0.05, 0.1) is 28.1 Å². The summed E-state index contributed by atoms with van der Waals surface area (Å²) in [5, 5.41) is 9.43. The number of nitrogens with zero attached hydrogens (tertiary/aromatic N) is 2. The number of halogens is 1. The molecule has 1 fully saturated rings. The van der Waals surface area contributed by atoms with Crippen molar-refractivity contribution in [2.45, 2.75) is 12.5 Å². The summed E-state index contributed by atoms with van der Waals surface area (Å²) < 4.78 is 0.881. The third-order valence-corrected chi connectivity index (χ3v) is 2.96. The number of aliphatic hydroxyl groups is 1. The number of nitrogen functional groups attached to an aromatic ring is 1. The van der Waals surface area contributed by atoms with Crippen LogP contribution in [0.2, 0.25) is 0 Å². The van der Waals surface area contributed by atoms with E-state index in [1.54, 1.807) is 12.4 Å². The van der Waals surface area contributed by atoms with Gasteiger partial charge in [0, 0.05) is 19.3 Å². The molecular formula is C9H12BrN3O. The van der Waals surface area contributed by atoms with E-state index in [2.05, 4.69) is 25.8 Å². The Hall–Kier alpha value is -0.810. The lowest BCUT2D eigenvalue weighted by atomic mass is 10.3. The summed E-state index contributed by atoms with van der Waals surface area (Å²) >= 11 is 3.41. The highest BCUT2D eigenvalue weighted by molar-refractivity contribution is 9.10. The fraction of sp³-hybridized carbons (Fsp3) is 0.444. The van der Waals surface area contributed by atoms with Crippen molar-refractivity contribution in [3.8, 4) is 0 Å². The molecule has 0 saturated carbocycles. The van der Waals surface area contributed by atoms with E-state index in [-0.39, 0.29) is 6.10 Å². The fourth-order valence-electron chi connectivity index (χ4n) is 1.72. The summed E-state index contributed by atoms with van der Waals surface area (Å²) in [5.74, 6) is 0. The first-order valence-corrected chi connectivity index (χ1v) is 5.30. The van der Waals surface area contributed by atoms with Gasteiger partial charge in [-0.25, -0.2) is 0 Å². The Kier molecular flexibility index (Phi) is 2.60. The zero-order chi connectivity index (χ0) is 10.1. The Morgan fingerprint density at radius 1 is 1.57 bits per heavy atom. The zero-order valence-electron chi connectivity index (χ0n) is 7.65. The maximum absolute atomic E-state index is 9.43. The number of aromatic nitrogens is 1. The van der Waals surface area contributed by atoms with Crippen molar-refractivity contribution in [1.82, 2.24) is 4.98 Å². The maximum Gasteiger partial charge on any atom is 0.0776 e. The van der Waals surface area contributed by atoms with Crippen LogP contribution in [0.4, 0.5) is 11.4 Å². The summed E-state index contributed by atoms with van der Waals surface area (Å²) in [4.78, 5) is 6.05. The van der Waals surface area contributed by atoms with Crippen LogP contribution in [0.5, 0.6) is 0 Å². The van der Waals surface area contributed by atoms with Gasteiger partial charge in [0.2, 0.25) is 0 Å². The third kappa shape index (κ3) is 1.69. The summed E-state index contributed by atoms with van der Waals surface area (Å²) in [7, 11) is 0. The molecule has 1 unspecified atom stereocenters. The molecule has 4 nitrogen and oxygen atoms in total. The van der Waals surface area contributed by atoms with Crippen LogP contribution in [-0.2, 0) is 0 Å². The van der Waals surface area contributed by atoms with Gasteiger partial charge in [-0.15, -0.1) is 0 Å². The third-order valence-electron chi connectivity index (χ3n) is 2.38. The summed E-state index contributed by atoms with van der Waals surface area (Å²) in [6, 6.07) is 0. The lowest BCUT2D eigenvalue weighted by molar-refractivity contribution is 0.198. The highest BCUT2D eigenvalue weighted by Crippen LogP contribution is 2.33. The van der Waals surface area contributed by atoms with Crippen LogP contribution in [0.1, 0.15) is 6.42 Å². The number of hydrogen-bond donors (Lipinski definition) is 2. The van der Waals surface area contributed by atoms with Gasteiger partial charge in [-0.3, -0.25) is 4.98 Å². The van der Waals surface area contributed by atoms with Crippen LogP contribution in [0.15, 0.2) is 16.9 Å². The first-order chi connectivity index (χ1) is 6.68. The highest BCUT2D eigenvalue weighted by Gasteiger charge is 2.23. The van der Waals surface area contributed by atoms with Crippen molar-refractivity contribution in [3.05, 3.63) is 16.9 Å². The first kappa shape index (κ1) is 9.73. The van der Waals surface area contributed by atoms with Gasteiger partial charge in [0.25, 0.3) is 0 Å². The van der Waals surface area contributed by atoms with Gasteiger partial charge < -0.3 is 15.7 Å². The van der Waals surface area contributed by atoms with E-state index in [9.17, 15) is 5.11 Å². The molecule has 1 aromatic rings. The van der Waals surface area contributed by atoms with Gasteiger partial charge in [-0.2, -0.15) is 0 Å². The first-order valence-electron chi connectivity index (χ1n) is 4.50. The summed E-state index contributed by atoms with van der Waals surface area (Å²) in [6.07, 6.45) is 3.91. The molecule has 0 amide bonds. The van der Waals surface area contributed by atoms with Crippen molar-refractivity contribution < 1.29 is 5.11 Å². The Bertz CT molecular complexity index is 325. The molecule has 3 N–H and O–H groups in total. The molecule has 14 heavy (non-hydrogen) atoms. The molecule has 2 rings (SSSR count). The van der Waals surface area contributed by atoms with Crippen LogP contribution < -0.4 is 10.6 Å². The number of pyridine rings is 1. The van der Waals surface area contributed by atoms with Gasteiger partial charge in [0.1, 0.15) is 0 Å². The SMILES string of the molecule is Nc1cncc(Br)c1N1CCC(O)C1. The van der Waals surface area contributed by atoms with Crippen molar-refractivity contribution in [2.24, 2.45) is 0 Å². The fourth-order valence-corrected chi connectivity index (χ4v) is 2.32. The van der Waals surface area contributed by atoms with Crippen LogP contribution in [0.3, 0.4) is 0 Å². The number of hydrogen-bond acceptors (Lipinski definition) is 4. The topological polar surface area (TPSA) is 62.4 Å². The van der Waals surface area contributed by atoms with E-state index < -0.39 is 0 Å². The maximum atomic E-state index is 9.43. The van der Waals surface area contributed by atoms with Crippen molar-refractivity contribution in [2.75, 3.05) is 23.7 Å². The van der Waals surface area contributed by atoms with E-state index in [0.717, 1.165) is 23.1 Å². The molecule has 0 aliphatic carbocycles. The monoisotopic (exact) mass is 257 g/mol. The molecule has 0 aromatic carbocycles. The molecule has 0 spiro atoms. The minimum atomic E-state index is -0.241. The lowest BCUT2D eigenvalue weighted by Crippen LogP contribution is -2.22. The average Bonchev–Trinajstić information content (AvgIpc) is 2.51. The largest absolute Gasteiger partial charge is 0.396 e. The Morgan fingerprint density at radius 3 is 2.93 bits per heavy atom. The molecule has 0 radical (unpaired) electrons. The predicted molar refractivity (Wildman–Crippen MR) is 59.2 cm³/mol. The molecule has 1 atom stereocenters. The van der Waals surface area contributed by atoms with Crippen LogP contribution >= 0.6 is 15.9 Å². The minimum Gasteiger partial charge on any atom is -0.396 e. The lowest BCUT2D eigenvalue weighted by Gasteiger charge is -2.20. The van der Waals surface area contributed by atoms with Crippen molar-refractivity contribution in [3.63, 3.8) is 0 Å². The number of aliphatic hydroxyl groups excluding tert-OH is 1. The van der Waals surface area contributed by atoms with Gasteiger partial charge in [0.15, 0.2) is 0 Å². The van der Waals surface area contributed by atoms with E-state index in [1.165, 1.54) is 0 Å². The van der Waals surface area contributed by atoms with Gasteiger partial charge in [-0.05, 0) is 22.4 Å². The molecule has 2 heterocycles. The van der Waals surface area contributed by atoms with E-state index in [0.29, 0.717) is 12.2 Å². The molecule has 76 valence electrons. The molecule has 0 bridgehead atoms.